The van der Waals surface area contributed by atoms with Crippen molar-refractivity contribution in [1.29, 1.82) is 0 Å². The highest BCUT2D eigenvalue weighted by atomic mass is 16.2. The minimum absolute atomic E-state index is 0.105. The highest BCUT2D eigenvalue weighted by molar-refractivity contribution is 5.82. The molecule has 2 atom stereocenters. The van der Waals surface area contributed by atoms with Crippen LogP contribution in [-0.2, 0) is 31.4 Å². The molecule has 2 aliphatic heterocycles. The van der Waals surface area contributed by atoms with Crippen molar-refractivity contribution in [3.8, 4) is 11.4 Å². The first-order valence-electron chi connectivity index (χ1n) is 9.62. The quantitative estimate of drug-likeness (QED) is 0.728. The first-order chi connectivity index (χ1) is 13.6. The van der Waals surface area contributed by atoms with E-state index in [0.717, 1.165) is 30.2 Å². The van der Waals surface area contributed by atoms with Gasteiger partial charge in [-0.25, -0.2) is 0 Å². The maximum absolute atomic E-state index is 13.2. The number of amides is 1. The van der Waals surface area contributed by atoms with Crippen molar-refractivity contribution in [2.45, 2.75) is 38.5 Å². The number of benzene rings is 1. The summed E-state index contributed by atoms with van der Waals surface area (Å²) in [5.74, 6) is 1.77. The van der Waals surface area contributed by atoms with Crippen LogP contribution in [0.25, 0.3) is 11.4 Å². The number of nitrogens with zero attached hydrogens (tertiary/aromatic N) is 6. The van der Waals surface area contributed by atoms with Crippen molar-refractivity contribution >= 4 is 5.91 Å². The van der Waals surface area contributed by atoms with Crippen LogP contribution in [0.2, 0.25) is 0 Å². The fourth-order valence-electron chi connectivity index (χ4n) is 4.28. The lowest BCUT2D eigenvalue weighted by atomic mass is 9.95. The van der Waals surface area contributed by atoms with Crippen LogP contribution in [0, 0.1) is 0 Å². The third-order valence-corrected chi connectivity index (χ3v) is 5.68. The third-order valence-electron chi connectivity index (χ3n) is 5.68. The Balaban J connectivity index is 1.37. The molecular weight excluding hydrogens is 354 g/mol. The van der Waals surface area contributed by atoms with Crippen LogP contribution in [0.4, 0.5) is 0 Å². The standard InChI is InChI=1S/C20H23N7O/c1-13-10-26(20(28)17-7-14-5-3-4-6-15(14)8-21-17)12-18-23-24-19(27(13)18)16-9-22-25(2)11-16/h3-6,9,11,13,17,21H,7-8,10,12H2,1-2H3/t13-,17+/m0/s1. The molecule has 0 saturated heterocycles. The molecule has 1 aromatic carbocycles. The van der Waals surface area contributed by atoms with Crippen LogP contribution >= 0.6 is 0 Å². The van der Waals surface area contributed by atoms with Crippen molar-refractivity contribution in [2.75, 3.05) is 6.54 Å². The summed E-state index contributed by atoms with van der Waals surface area (Å²) in [6.45, 7) is 3.97. The van der Waals surface area contributed by atoms with Crippen LogP contribution < -0.4 is 5.32 Å². The molecule has 0 fully saturated rings. The van der Waals surface area contributed by atoms with Gasteiger partial charge in [0.05, 0.1) is 30.4 Å². The zero-order valence-corrected chi connectivity index (χ0v) is 16.0. The molecule has 2 aromatic heterocycles. The van der Waals surface area contributed by atoms with Gasteiger partial charge in [-0.15, -0.1) is 10.2 Å². The molecule has 0 aliphatic carbocycles. The summed E-state index contributed by atoms with van der Waals surface area (Å²) in [5.41, 5.74) is 3.48. The van der Waals surface area contributed by atoms with Crippen molar-refractivity contribution < 1.29 is 4.79 Å². The third kappa shape index (κ3) is 2.80. The van der Waals surface area contributed by atoms with E-state index in [1.54, 1.807) is 10.9 Å². The lowest BCUT2D eigenvalue weighted by molar-refractivity contribution is -0.135. The molecule has 8 heteroatoms. The summed E-state index contributed by atoms with van der Waals surface area (Å²) >= 11 is 0. The summed E-state index contributed by atoms with van der Waals surface area (Å²) in [6, 6.07) is 8.24. The predicted octanol–water partition coefficient (Wildman–Crippen LogP) is 1.30. The van der Waals surface area contributed by atoms with Gasteiger partial charge in [-0.05, 0) is 24.5 Å². The molecule has 0 radical (unpaired) electrons. The van der Waals surface area contributed by atoms with Crippen molar-refractivity contribution in [3.05, 3.63) is 53.6 Å². The Kier molecular flexibility index (Phi) is 4.01. The molecule has 3 aromatic rings. The second kappa shape index (κ2) is 6.56. The molecule has 28 heavy (non-hydrogen) atoms. The van der Waals surface area contributed by atoms with Gasteiger partial charge in [0.1, 0.15) is 0 Å². The number of nitrogens with one attached hydrogen (secondary N) is 1. The average molecular weight is 377 g/mol. The van der Waals surface area contributed by atoms with Crippen molar-refractivity contribution in [1.82, 2.24) is 34.8 Å². The highest BCUT2D eigenvalue weighted by Crippen LogP contribution is 2.28. The first-order valence-corrected chi connectivity index (χ1v) is 9.62. The number of aryl methyl sites for hydroxylation is 1. The zero-order chi connectivity index (χ0) is 19.3. The minimum Gasteiger partial charge on any atom is -0.332 e. The fraction of sp³-hybridized carbons (Fsp3) is 0.400. The average Bonchev–Trinajstić information content (AvgIpc) is 3.33. The Bertz CT molecular complexity index is 1040. The Morgan fingerprint density at radius 3 is 2.82 bits per heavy atom. The maximum Gasteiger partial charge on any atom is 0.240 e. The Labute approximate surface area is 163 Å². The van der Waals surface area contributed by atoms with E-state index in [2.05, 4.69) is 44.2 Å². The summed E-state index contributed by atoms with van der Waals surface area (Å²) in [7, 11) is 1.89. The highest BCUT2D eigenvalue weighted by Gasteiger charge is 2.34. The second-order valence-electron chi connectivity index (χ2n) is 7.69. The lowest BCUT2D eigenvalue weighted by Gasteiger charge is -2.36. The number of fused-ring (bicyclic) bond motifs is 2. The monoisotopic (exact) mass is 377 g/mol. The van der Waals surface area contributed by atoms with Gasteiger partial charge < -0.3 is 14.8 Å². The van der Waals surface area contributed by atoms with Gasteiger partial charge in [-0.2, -0.15) is 5.10 Å². The molecule has 0 bridgehead atoms. The van der Waals surface area contributed by atoms with E-state index in [1.165, 1.54) is 11.1 Å². The van der Waals surface area contributed by atoms with Crippen LogP contribution in [-0.4, -0.2) is 47.9 Å². The maximum atomic E-state index is 13.2. The van der Waals surface area contributed by atoms with Crippen molar-refractivity contribution in [3.63, 3.8) is 0 Å². The van der Waals surface area contributed by atoms with Gasteiger partial charge in [0.2, 0.25) is 5.91 Å². The Hall–Kier alpha value is -3.00. The van der Waals surface area contributed by atoms with E-state index in [1.807, 2.05) is 30.3 Å². The summed E-state index contributed by atoms with van der Waals surface area (Å²) in [6.07, 6.45) is 4.46. The van der Waals surface area contributed by atoms with Gasteiger partial charge in [-0.1, -0.05) is 24.3 Å². The van der Waals surface area contributed by atoms with Crippen LogP contribution in [0.15, 0.2) is 36.7 Å². The van der Waals surface area contributed by atoms with E-state index < -0.39 is 0 Å². The minimum atomic E-state index is -0.186. The summed E-state index contributed by atoms with van der Waals surface area (Å²) < 4.78 is 3.89. The summed E-state index contributed by atoms with van der Waals surface area (Å²) in [4.78, 5) is 15.1. The van der Waals surface area contributed by atoms with E-state index in [-0.39, 0.29) is 18.0 Å². The molecular formula is C20H23N7O. The van der Waals surface area contributed by atoms with Gasteiger partial charge in [-0.3, -0.25) is 9.48 Å². The Morgan fingerprint density at radius 2 is 2.04 bits per heavy atom. The molecule has 2 aliphatic rings. The number of aromatic nitrogens is 5. The molecule has 8 nitrogen and oxygen atoms in total. The number of hydrogen-bond acceptors (Lipinski definition) is 5. The first kappa shape index (κ1) is 17.1. The smallest absolute Gasteiger partial charge is 0.240 e. The molecule has 0 spiro atoms. The van der Waals surface area contributed by atoms with Gasteiger partial charge in [0.15, 0.2) is 11.6 Å². The van der Waals surface area contributed by atoms with Crippen molar-refractivity contribution in [2.24, 2.45) is 7.05 Å². The van der Waals surface area contributed by atoms with E-state index in [9.17, 15) is 4.79 Å². The molecule has 1 N–H and O–H groups in total. The van der Waals surface area contributed by atoms with E-state index >= 15 is 0 Å². The normalized spacial score (nSPS) is 21.3. The Morgan fingerprint density at radius 1 is 1.21 bits per heavy atom. The number of hydrogen-bond donors (Lipinski definition) is 1. The molecule has 144 valence electrons. The molecule has 0 unspecified atom stereocenters. The molecule has 5 rings (SSSR count). The van der Waals surface area contributed by atoms with E-state index in [4.69, 9.17) is 0 Å². The predicted molar refractivity (Wildman–Crippen MR) is 103 cm³/mol. The second-order valence-corrected chi connectivity index (χ2v) is 7.69. The zero-order valence-electron chi connectivity index (χ0n) is 16.0. The number of carbonyl (C=O) groups is 1. The number of carbonyl (C=O) groups excluding carboxylic acids is 1. The number of rotatable bonds is 2. The lowest BCUT2D eigenvalue weighted by Crippen LogP contribution is -2.51. The summed E-state index contributed by atoms with van der Waals surface area (Å²) in [5, 5.41) is 16.4. The van der Waals surface area contributed by atoms with Crippen LogP contribution in [0.3, 0.4) is 0 Å². The fourth-order valence-corrected chi connectivity index (χ4v) is 4.28. The van der Waals surface area contributed by atoms with Gasteiger partial charge >= 0.3 is 0 Å². The molecule has 1 amide bonds. The topological polar surface area (TPSA) is 80.9 Å². The van der Waals surface area contributed by atoms with E-state index in [0.29, 0.717) is 13.1 Å². The SMILES string of the molecule is C[C@H]1CN(C(=O)[C@H]2Cc3ccccc3CN2)Cc2nnc(-c3cnn(C)c3)n21. The molecule has 4 heterocycles. The van der Waals surface area contributed by atoms with Crippen LogP contribution in [0.5, 0.6) is 0 Å². The van der Waals surface area contributed by atoms with Gasteiger partial charge in [0, 0.05) is 26.3 Å². The van der Waals surface area contributed by atoms with Crippen LogP contribution in [0.1, 0.15) is 29.9 Å². The molecule has 0 saturated carbocycles. The largest absolute Gasteiger partial charge is 0.332 e. The van der Waals surface area contributed by atoms with Gasteiger partial charge in [0.25, 0.3) is 0 Å².